The topological polar surface area (TPSA) is 175 Å². The Labute approximate surface area is 479 Å². The molecule has 458 valence electrons. The van der Waals surface area contributed by atoms with Crippen LogP contribution >= 0.6 is 0 Å². The van der Waals surface area contributed by atoms with Crippen molar-refractivity contribution >= 4 is 11.9 Å². The molecule has 0 aliphatic carbocycles. The van der Waals surface area contributed by atoms with E-state index in [1.54, 1.807) is 6.08 Å². The average molecular weight is 1100 g/mol. The van der Waals surface area contributed by atoms with E-state index in [4.69, 9.17) is 14.2 Å². The number of amides is 1. The molecule has 0 radical (unpaired) electrons. The first-order chi connectivity index (χ1) is 38.2. The number of carbonyl (C=O) groups excluding carboxylic acids is 2. The van der Waals surface area contributed by atoms with Crippen molar-refractivity contribution in [1.82, 2.24) is 5.32 Å². The fraction of sp³-hybridized carbons (Fsp3) is 0.881. The van der Waals surface area contributed by atoms with E-state index in [0.29, 0.717) is 19.4 Å². The van der Waals surface area contributed by atoms with Gasteiger partial charge in [0, 0.05) is 12.8 Å². The van der Waals surface area contributed by atoms with Gasteiger partial charge in [-0.3, -0.25) is 9.59 Å². The Morgan fingerprint density at radius 1 is 0.462 bits per heavy atom. The van der Waals surface area contributed by atoms with Crippen LogP contribution < -0.4 is 5.32 Å². The van der Waals surface area contributed by atoms with Crippen LogP contribution in [-0.4, -0.2) is 100 Å². The van der Waals surface area contributed by atoms with E-state index in [1.807, 2.05) is 6.08 Å². The van der Waals surface area contributed by atoms with Crippen molar-refractivity contribution in [2.24, 2.45) is 0 Å². The monoisotopic (exact) mass is 1100 g/mol. The van der Waals surface area contributed by atoms with Crippen LogP contribution in [0.15, 0.2) is 36.5 Å². The van der Waals surface area contributed by atoms with E-state index in [2.05, 4.69) is 43.5 Å². The first-order valence-corrected chi connectivity index (χ1v) is 33.3. The van der Waals surface area contributed by atoms with Gasteiger partial charge in [-0.05, 0) is 83.5 Å². The third-order valence-corrected chi connectivity index (χ3v) is 15.7. The zero-order valence-corrected chi connectivity index (χ0v) is 50.6. The van der Waals surface area contributed by atoms with Crippen LogP contribution in [0.25, 0.3) is 0 Å². The van der Waals surface area contributed by atoms with Gasteiger partial charge in [-0.1, -0.05) is 256 Å². The Morgan fingerprint density at radius 3 is 1.23 bits per heavy atom. The standard InChI is InChI=1S/C67H125NO10/c1-3-5-7-9-11-13-14-15-28-32-35-39-43-47-51-55-63(72)76-56-52-48-44-40-36-33-30-27-25-23-21-19-17-16-18-20-22-24-26-29-31-34-38-42-46-50-54-62(71)68-59(60(70)53-49-45-41-37-12-10-8-6-4-2)58-77-67-66(75)65(74)64(73)61(57-69)78-67/h15-16,18,28,49,53,59-61,64-67,69-70,73-75H,3-14,17,19-27,29-48,50-52,54-58H2,1-2H3,(H,68,71)/b18-16-,28-15-,53-49+. The molecule has 0 aromatic carbocycles. The second kappa shape index (κ2) is 56.7. The molecular weight excluding hydrogens is 979 g/mol. The average Bonchev–Trinajstić information content (AvgIpc) is 3.44. The number of aliphatic hydroxyl groups is 5. The van der Waals surface area contributed by atoms with Crippen LogP contribution in [0.3, 0.4) is 0 Å². The minimum atomic E-state index is -1.57. The number of ether oxygens (including phenoxy) is 3. The lowest BCUT2D eigenvalue weighted by molar-refractivity contribution is -0.302. The largest absolute Gasteiger partial charge is 0.466 e. The first kappa shape index (κ1) is 73.9. The molecule has 0 bridgehead atoms. The highest BCUT2D eigenvalue weighted by Gasteiger charge is 2.44. The Bertz CT molecular complexity index is 1390. The first-order valence-electron chi connectivity index (χ1n) is 33.3. The maximum absolute atomic E-state index is 13.0. The normalized spacial score (nSPS) is 18.7. The Hall–Kier alpha value is -2.12. The molecule has 0 saturated carbocycles. The van der Waals surface area contributed by atoms with Crippen molar-refractivity contribution in [2.75, 3.05) is 19.8 Å². The van der Waals surface area contributed by atoms with Gasteiger partial charge in [0.1, 0.15) is 24.4 Å². The lowest BCUT2D eigenvalue weighted by atomic mass is 9.99. The molecule has 6 N–H and O–H groups in total. The van der Waals surface area contributed by atoms with Crippen LogP contribution in [0.1, 0.15) is 316 Å². The number of hydrogen-bond donors (Lipinski definition) is 6. The number of allylic oxidation sites excluding steroid dienone is 5. The van der Waals surface area contributed by atoms with Gasteiger partial charge in [0.2, 0.25) is 5.91 Å². The van der Waals surface area contributed by atoms with E-state index in [1.165, 1.54) is 231 Å². The summed E-state index contributed by atoms with van der Waals surface area (Å²) in [6.45, 7) is 4.32. The molecule has 1 amide bonds. The molecule has 1 fully saturated rings. The molecule has 0 aromatic heterocycles. The molecule has 7 unspecified atom stereocenters. The molecule has 78 heavy (non-hydrogen) atoms. The molecule has 11 heteroatoms. The predicted molar refractivity (Wildman–Crippen MR) is 324 cm³/mol. The fourth-order valence-electron chi connectivity index (χ4n) is 10.4. The summed E-state index contributed by atoms with van der Waals surface area (Å²) >= 11 is 0. The van der Waals surface area contributed by atoms with E-state index >= 15 is 0 Å². The highest BCUT2D eigenvalue weighted by Crippen LogP contribution is 2.23. The van der Waals surface area contributed by atoms with Crippen molar-refractivity contribution in [2.45, 2.75) is 358 Å². The molecule has 7 atom stereocenters. The zero-order chi connectivity index (χ0) is 56.6. The zero-order valence-electron chi connectivity index (χ0n) is 50.6. The van der Waals surface area contributed by atoms with Gasteiger partial charge in [0.25, 0.3) is 0 Å². The molecule has 1 saturated heterocycles. The van der Waals surface area contributed by atoms with Crippen LogP contribution in [0.4, 0.5) is 0 Å². The van der Waals surface area contributed by atoms with Gasteiger partial charge >= 0.3 is 5.97 Å². The summed E-state index contributed by atoms with van der Waals surface area (Å²) in [5.74, 6) is -0.189. The number of unbranched alkanes of at least 4 members (excludes halogenated alkanes) is 40. The number of nitrogens with one attached hydrogen (secondary N) is 1. The summed E-state index contributed by atoms with van der Waals surface area (Å²) in [5.41, 5.74) is 0. The summed E-state index contributed by atoms with van der Waals surface area (Å²) in [5, 5.41) is 54.2. The minimum Gasteiger partial charge on any atom is -0.466 e. The van der Waals surface area contributed by atoms with Crippen molar-refractivity contribution in [3.63, 3.8) is 0 Å². The molecule has 1 heterocycles. The highest BCUT2D eigenvalue weighted by molar-refractivity contribution is 5.76. The van der Waals surface area contributed by atoms with Crippen LogP contribution in [-0.2, 0) is 23.8 Å². The van der Waals surface area contributed by atoms with Crippen LogP contribution in [0.5, 0.6) is 0 Å². The molecular formula is C67H125NO10. The van der Waals surface area contributed by atoms with Crippen LogP contribution in [0, 0.1) is 0 Å². The summed E-state index contributed by atoms with van der Waals surface area (Å²) in [6, 6.07) is -0.810. The van der Waals surface area contributed by atoms with E-state index in [9.17, 15) is 35.1 Å². The number of carbonyl (C=O) groups is 2. The van der Waals surface area contributed by atoms with Crippen molar-refractivity contribution in [3.05, 3.63) is 36.5 Å². The summed E-state index contributed by atoms with van der Waals surface area (Å²) in [4.78, 5) is 25.1. The molecule has 1 aliphatic heterocycles. The predicted octanol–water partition coefficient (Wildman–Crippen LogP) is 16.2. The number of esters is 1. The number of hydrogen-bond acceptors (Lipinski definition) is 10. The number of rotatable bonds is 58. The third kappa shape index (κ3) is 45.5. The highest BCUT2D eigenvalue weighted by atomic mass is 16.7. The maximum Gasteiger partial charge on any atom is 0.305 e. The van der Waals surface area contributed by atoms with Crippen molar-refractivity contribution in [3.8, 4) is 0 Å². The van der Waals surface area contributed by atoms with Crippen molar-refractivity contribution in [1.29, 1.82) is 0 Å². The van der Waals surface area contributed by atoms with E-state index in [0.717, 1.165) is 57.8 Å². The third-order valence-electron chi connectivity index (χ3n) is 15.7. The fourth-order valence-corrected chi connectivity index (χ4v) is 10.4. The lowest BCUT2D eigenvalue weighted by Gasteiger charge is -2.40. The number of aliphatic hydroxyl groups excluding tert-OH is 5. The molecule has 1 rings (SSSR count). The lowest BCUT2D eigenvalue weighted by Crippen LogP contribution is -2.60. The van der Waals surface area contributed by atoms with E-state index in [-0.39, 0.29) is 18.5 Å². The van der Waals surface area contributed by atoms with Gasteiger partial charge in [0.05, 0.1) is 32.0 Å². The van der Waals surface area contributed by atoms with E-state index < -0.39 is 49.5 Å². The van der Waals surface area contributed by atoms with Gasteiger partial charge in [-0.2, -0.15) is 0 Å². The summed E-state index contributed by atoms with van der Waals surface area (Å²) in [7, 11) is 0. The minimum absolute atomic E-state index is 0.00365. The van der Waals surface area contributed by atoms with Gasteiger partial charge in [0.15, 0.2) is 6.29 Å². The van der Waals surface area contributed by atoms with Gasteiger partial charge in [-0.15, -0.1) is 0 Å². The molecule has 0 aromatic rings. The SMILES string of the molecule is CCCCCCCC/C=C\CCCCCCCC(=O)OCCCCCCCCCCCCCC/C=C\CCCCCCCCCCCCC(=O)NC(COC1OC(CO)C(O)C(O)C1O)C(O)/C=C/CCCCCCCCC. The Kier molecular flexibility index (Phi) is 53.7. The molecule has 0 spiro atoms. The van der Waals surface area contributed by atoms with Gasteiger partial charge in [-0.25, -0.2) is 0 Å². The second-order valence-electron chi connectivity index (χ2n) is 23.2. The second-order valence-corrected chi connectivity index (χ2v) is 23.2. The van der Waals surface area contributed by atoms with Crippen molar-refractivity contribution < 1.29 is 49.3 Å². The maximum atomic E-state index is 13.0. The van der Waals surface area contributed by atoms with Crippen LogP contribution in [0.2, 0.25) is 0 Å². The Balaban J connectivity index is 1.95. The molecule has 1 aliphatic rings. The summed E-state index contributed by atoms with van der Waals surface area (Å²) < 4.78 is 16.7. The quantitative estimate of drug-likeness (QED) is 0.0195. The van der Waals surface area contributed by atoms with Gasteiger partial charge < -0.3 is 45.1 Å². The summed E-state index contributed by atoms with van der Waals surface area (Å²) in [6.07, 6.45) is 61.3. The molecule has 11 nitrogen and oxygen atoms in total. The smallest absolute Gasteiger partial charge is 0.305 e. The Morgan fingerprint density at radius 2 is 0.821 bits per heavy atom.